The summed E-state index contributed by atoms with van der Waals surface area (Å²) in [4.78, 5) is 25.4. The number of benzene rings is 2. The summed E-state index contributed by atoms with van der Waals surface area (Å²) in [7, 11) is 0.588. The van der Waals surface area contributed by atoms with E-state index in [1.54, 1.807) is 31.5 Å². The highest BCUT2D eigenvalue weighted by molar-refractivity contribution is 9.10. The van der Waals surface area contributed by atoms with Gasteiger partial charge in [-0.2, -0.15) is 0 Å². The highest BCUT2D eigenvalue weighted by Crippen LogP contribution is 2.28. The van der Waals surface area contributed by atoms with Crippen LogP contribution in [-0.4, -0.2) is 33.2 Å². The molecule has 1 amide bonds. The van der Waals surface area contributed by atoms with E-state index in [4.69, 9.17) is 0 Å². The Morgan fingerprint density at radius 1 is 1.24 bits per heavy atom. The third-order valence-corrected chi connectivity index (χ3v) is 5.59. The molecule has 0 saturated heterocycles. The first kappa shape index (κ1) is 19.3. The minimum atomic E-state index is -1.06. The predicted octanol–water partition coefficient (Wildman–Crippen LogP) is 3.93. The van der Waals surface area contributed by atoms with E-state index < -0.39 is 15.7 Å². The maximum Gasteiger partial charge on any atom is 0.284 e. The summed E-state index contributed by atoms with van der Waals surface area (Å²) in [6.45, 7) is 1.86. The van der Waals surface area contributed by atoms with Gasteiger partial charge in [0.15, 0.2) is 0 Å². The second-order valence-electron chi connectivity index (χ2n) is 5.54. The van der Waals surface area contributed by atoms with E-state index in [9.17, 15) is 19.1 Å². The Balaban J connectivity index is 2.25. The van der Waals surface area contributed by atoms with Crippen molar-refractivity contribution in [1.29, 1.82) is 0 Å². The lowest BCUT2D eigenvalue weighted by atomic mass is 10.1. The van der Waals surface area contributed by atoms with Crippen LogP contribution in [-0.2, 0) is 10.8 Å². The molecular formula is C17H17BrN2O4S. The molecule has 2 unspecified atom stereocenters. The second kappa shape index (κ2) is 7.88. The summed E-state index contributed by atoms with van der Waals surface area (Å²) in [5.41, 5.74) is 0.980. The van der Waals surface area contributed by atoms with Crippen LogP contribution in [0.2, 0.25) is 0 Å². The second-order valence-corrected chi connectivity index (χ2v) is 7.77. The van der Waals surface area contributed by atoms with Crippen molar-refractivity contribution in [3.8, 4) is 0 Å². The van der Waals surface area contributed by atoms with Gasteiger partial charge in [-0.05, 0) is 52.7 Å². The highest BCUT2D eigenvalue weighted by Gasteiger charge is 2.22. The highest BCUT2D eigenvalue weighted by atomic mass is 79.9. The minimum absolute atomic E-state index is 0.151. The van der Waals surface area contributed by atoms with Gasteiger partial charge < -0.3 is 4.90 Å². The van der Waals surface area contributed by atoms with E-state index in [-0.39, 0.29) is 23.2 Å². The molecule has 0 bridgehead atoms. The lowest BCUT2D eigenvalue weighted by molar-refractivity contribution is -0.385. The molecule has 2 aromatic carbocycles. The number of nitro groups is 1. The summed E-state index contributed by atoms with van der Waals surface area (Å²) < 4.78 is 11.8. The van der Waals surface area contributed by atoms with Crippen LogP contribution in [0.15, 0.2) is 51.8 Å². The van der Waals surface area contributed by atoms with Gasteiger partial charge in [0.1, 0.15) is 0 Å². The lowest BCUT2D eigenvalue weighted by Gasteiger charge is -2.25. The summed E-state index contributed by atoms with van der Waals surface area (Å²) >= 11 is 3.11. The van der Waals surface area contributed by atoms with Gasteiger partial charge in [-0.1, -0.05) is 12.1 Å². The van der Waals surface area contributed by atoms with Crippen molar-refractivity contribution in [3.63, 3.8) is 0 Å². The van der Waals surface area contributed by atoms with Gasteiger partial charge in [0.25, 0.3) is 11.6 Å². The number of carbonyl (C=O) groups excluding carboxylic acids is 1. The van der Waals surface area contributed by atoms with E-state index >= 15 is 0 Å². The molecule has 0 heterocycles. The maximum atomic E-state index is 12.7. The molecule has 0 aromatic heterocycles. The molecule has 0 aliphatic heterocycles. The van der Waals surface area contributed by atoms with Gasteiger partial charge in [-0.3, -0.25) is 19.1 Å². The molecule has 132 valence electrons. The standard InChI is InChI=1S/C17H17BrN2O4S/c1-11(12-4-7-14(8-5-12)25(3)24)19(2)17(21)13-6-9-15(18)16(10-13)20(22)23/h4-11H,1-3H3. The van der Waals surface area contributed by atoms with Gasteiger partial charge in [-0.15, -0.1) is 0 Å². The lowest BCUT2D eigenvalue weighted by Crippen LogP contribution is -2.29. The Labute approximate surface area is 156 Å². The normalized spacial score (nSPS) is 13.1. The molecule has 0 saturated carbocycles. The molecule has 0 aliphatic rings. The molecule has 6 nitrogen and oxygen atoms in total. The summed E-state index contributed by atoms with van der Waals surface area (Å²) in [5.74, 6) is -0.314. The first-order valence-electron chi connectivity index (χ1n) is 7.37. The Hall–Kier alpha value is -2.06. The number of hydrogen-bond donors (Lipinski definition) is 0. The summed E-state index contributed by atoms with van der Waals surface area (Å²) in [5, 5.41) is 11.0. The van der Waals surface area contributed by atoms with Crippen LogP contribution >= 0.6 is 15.9 Å². The fraction of sp³-hybridized carbons (Fsp3) is 0.235. The van der Waals surface area contributed by atoms with Crippen molar-refractivity contribution in [2.45, 2.75) is 17.9 Å². The fourth-order valence-corrected chi connectivity index (χ4v) is 3.24. The molecule has 25 heavy (non-hydrogen) atoms. The smallest absolute Gasteiger partial charge is 0.284 e. The van der Waals surface area contributed by atoms with Crippen molar-refractivity contribution < 1.29 is 13.9 Å². The molecule has 0 fully saturated rings. The molecule has 2 rings (SSSR count). The SMILES string of the molecule is CC(c1ccc(S(C)=O)cc1)N(C)C(=O)c1ccc(Br)c([N+](=O)[O-])c1. The first-order valence-corrected chi connectivity index (χ1v) is 9.72. The average molecular weight is 425 g/mol. The average Bonchev–Trinajstić information content (AvgIpc) is 2.60. The van der Waals surface area contributed by atoms with Gasteiger partial charge in [0.2, 0.25) is 0 Å². The number of amides is 1. The third-order valence-electron chi connectivity index (χ3n) is 3.99. The zero-order valence-electron chi connectivity index (χ0n) is 13.9. The minimum Gasteiger partial charge on any atom is -0.335 e. The first-order chi connectivity index (χ1) is 11.7. The zero-order chi connectivity index (χ0) is 18.7. The van der Waals surface area contributed by atoms with Crippen molar-refractivity contribution in [3.05, 3.63) is 68.2 Å². The Morgan fingerprint density at radius 2 is 1.84 bits per heavy atom. The Morgan fingerprint density at radius 3 is 2.36 bits per heavy atom. The van der Waals surface area contributed by atoms with Gasteiger partial charge in [-0.25, -0.2) is 0 Å². The van der Waals surface area contributed by atoms with E-state index in [1.165, 1.54) is 17.0 Å². The van der Waals surface area contributed by atoms with Crippen LogP contribution < -0.4 is 0 Å². The van der Waals surface area contributed by atoms with Crippen LogP contribution in [0.25, 0.3) is 0 Å². The molecule has 2 atom stereocenters. The van der Waals surface area contributed by atoms with Crippen LogP contribution in [0.4, 0.5) is 5.69 Å². The number of nitro benzene ring substituents is 1. The molecule has 2 aromatic rings. The van der Waals surface area contributed by atoms with Gasteiger partial charge in [0, 0.05) is 40.6 Å². The van der Waals surface area contributed by atoms with E-state index in [2.05, 4.69) is 15.9 Å². The maximum absolute atomic E-state index is 12.7. The van der Waals surface area contributed by atoms with Crippen LogP contribution in [0.3, 0.4) is 0 Å². The Bertz CT molecular complexity index is 839. The molecular weight excluding hydrogens is 408 g/mol. The van der Waals surface area contributed by atoms with Gasteiger partial charge >= 0.3 is 0 Å². The number of carbonyl (C=O) groups is 1. The fourth-order valence-electron chi connectivity index (χ4n) is 2.33. The van der Waals surface area contributed by atoms with Crippen molar-refractivity contribution in [1.82, 2.24) is 4.90 Å². The topological polar surface area (TPSA) is 80.5 Å². The van der Waals surface area contributed by atoms with Crippen molar-refractivity contribution in [2.24, 2.45) is 0 Å². The predicted molar refractivity (Wildman–Crippen MR) is 100 cm³/mol. The third kappa shape index (κ3) is 4.32. The van der Waals surface area contributed by atoms with Crippen LogP contribution in [0.5, 0.6) is 0 Å². The largest absolute Gasteiger partial charge is 0.335 e. The van der Waals surface area contributed by atoms with E-state index in [1.807, 2.05) is 19.1 Å². The molecule has 0 radical (unpaired) electrons. The molecule has 0 N–H and O–H groups in total. The molecule has 0 spiro atoms. The monoisotopic (exact) mass is 424 g/mol. The summed E-state index contributed by atoms with van der Waals surface area (Å²) in [6.07, 6.45) is 1.61. The van der Waals surface area contributed by atoms with E-state index in [0.29, 0.717) is 9.37 Å². The summed E-state index contributed by atoms with van der Waals surface area (Å²) in [6, 6.07) is 11.3. The Kier molecular flexibility index (Phi) is 6.07. The number of hydrogen-bond acceptors (Lipinski definition) is 4. The van der Waals surface area contributed by atoms with E-state index in [0.717, 1.165) is 5.56 Å². The van der Waals surface area contributed by atoms with Crippen LogP contribution in [0, 0.1) is 10.1 Å². The molecule has 8 heteroatoms. The molecule has 0 aliphatic carbocycles. The van der Waals surface area contributed by atoms with Crippen LogP contribution in [0.1, 0.15) is 28.9 Å². The quantitative estimate of drug-likeness (QED) is 0.537. The number of halogens is 1. The van der Waals surface area contributed by atoms with Crippen molar-refractivity contribution >= 4 is 38.3 Å². The number of rotatable bonds is 5. The van der Waals surface area contributed by atoms with Crippen molar-refractivity contribution in [2.75, 3.05) is 13.3 Å². The number of nitrogens with zero attached hydrogens (tertiary/aromatic N) is 2. The van der Waals surface area contributed by atoms with Gasteiger partial charge in [0.05, 0.1) is 15.4 Å². The zero-order valence-corrected chi connectivity index (χ0v) is 16.3.